The lowest BCUT2D eigenvalue weighted by molar-refractivity contribution is 0.0471. The fourth-order valence-corrected chi connectivity index (χ4v) is 5.46. The number of anilines is 1. The van der Waals surface area contributed by atoms with Crippen molar-refractivity contribution in [3.63, 3.8) is 0 Å². The van der Waals surface area contributed by atoms with E-state index in [1.807, 2.05) is 37.1 Å². The van der Waals surface area contributed by atoms with Crippen LogP contribution >= 0.6 is 0 Å². The number of piperidine rings is 1. The smallest absolute Gasteiger partial charge is 0.258 e. The van der Waals surface area contributed by atoms with E-state index in [4.69, 9.17) is 0 Å². The maximum absolute atomic E-state index is 13.7. The summed E-state index contributed by atoms with van der Waals surface area (Å²) >= 11 is 0. The van der Waals surface area contributed by atoms with Gasteiger partial charge in [0.2, 0.25) is 0 Å². The molecular formula is C22H23N7O. The normalized spacial score (nSPS) is 28.5. The van der Waals surface area contributed by atoms with Gasteiger partial charge < -0.3 is 10.2 Å². The van der Waals surface area contributed by atoms with Gasteiger partial charge in [-0.1, -0.05) is 6.07 Å². The molecule has 1 aliphatic heterocycles. The Kier molecular flexibility index (Phi) is 3.57. The number of nitrogens with zero attached hydrogens (tertiary/aromatic N) is 6. The zero-order valence-corrected chi connectivity index (χ0v) is 17.0. The zero-order chi connectivity index (χ0) is 20.5. The molecule has 3 aromatic heterocycles. The molecule has 4 atom stereocenters. The van der Waals surface area contributed by atoms with E-state index >= 15 is 0 Å². The highest BCUT2D eigenvalue weighted by molar-refractivity contribution is 5.98. The molecular weight excluding hydrogens is 378 g/mol. The Morgan fingerprint density at radius 1 is 1.10 bits per heavy atom. The van der Waals surface area contributed by atoms with Crippen molar-refractivity contribution >= 4 is 11.7 Å². The zero-order valence-electron chi connectivity index (χ0n) is 17.0. The molecule has 0 bridgehead atoms. The number of aromatic nitrogens is 5. The van der Waals surface area contributed by atoms with Gasteiger partial charge in [0.05, 0.1) is 24.0 Å². The van der Waals surface area contributed by atoms with Crippen LogP contribution in [0.2, 0.25) is 0 Å². The van der Waals surface area contributed by atoms with Crippen LogP contribution in [0.25, 0.3) is 5.82 Å². The molecule has 2 saturated carbocycles. The number of aryl methyl sites for hydroxylation is 2. The van der Waals surface area contributed by atoms with Crippen LogP contribution in [0.3, 0.4) is 0 Å². The highest BCUT2D eigenvalue weighted by Gasteiger charge is 2.75. The van der Waals surface area contributed by atoms with Crippen molar-refractivity contribution in [2.75, 3.05) is 11.9 Å². The molecule has 4 unspecified atom stereocenters. The summed E-state index contributed by atoms with van der Waals surface area (Å²) in [5.74, 6) is 1.97. The van der Waals surface area contributed by atoms with E-state index in [9.17, 15) is 4.79 Å². The van der Waals surface area contributed by atoms with Crippen molar-refractivity contribution in [1.82, 2.24) is 29.9 Å². The summed E-state index contributed by atoms with van der Waals surface area (Å²) in [6, 6.07) is 6.38. The van der Waals surface area contributed by atoms with Gasteiger partial charge >= 0.3 is 0 Å². The molecule has 8 nitrogen and oxygen atoms in total. The topological polar surface area (TPSA) is 88.8 Å². The lowest BCUT2D eigenvalue weighted by Gasteiger charge is -2.48. The molecule has 4 heterocycles. The molecule has 1 N–H and O–H groups in total. The largest absolute Gasteiger partial charge is 0.365 e. The van der Waals surface area contributed by atoms with Crippen LogP contribution in [-0.2, 0) is 0 Å². The summed E-state index contributed by atoms with van der Waals surface area (Å²) < 4.78 is 0. The molecule has 30 heavy (non-hydrogen) atoms. The first-order valence-corrected chi connectivity index (χ1v) is 10.4. The second-order valence-corrected chi connectivity index (χ2v) is 8.91. The standard InChI is InChI=1S/C22H23N7O/c1-13-3-4-18(23-10-13)27-17-9-22-8-15(22)12-28(19(17)22)21(30)16-7-14(2)11-24-20(16)29-25-5-6-26-29/h3-7,10-11,15,17,19H,8-9,12H2,1-2H3,(H,23,27). The minimum Gasteiger partial charge on any atom is -0.365 e. The summed E-state index contributed by atoms with van der Waals surface area (Å²) in [5, 5.41) is 11.9. The Morgan fingerprint density at radius 2 is 1.90 bits per heavy atom. The maximum Gasteiger partial charge on any atom is 0.258 e. The third-order valence-electron chi connectivity index (χ3n) is 6.95. The molecule has 2 aliphatic carbocycles. The first-order chi connectivity index (χ1) is 14.5. The molecule has 0 aromatic carbocycles. The van der Waals surface area contributed by atoms with Crippen LogP contribution in [-0.4, -0.2) is 54.4 Å². The predicted molar refractivity (Wildman–Crippen MR) is 110 cm³/mol. The van der Waals surface area contributed by atoms with E-state index in [0.717, 1.165) is 29.9 Å². The van der Waals surface area contributed by atoms with E-state index in [2.05, 4.69) is 31.5 Å². The number of pyridine rings is 2. The second kappa shape index (κ2) is 6.10. The van der Waals surface area contributed by atoms with Crippen molar-refractivity contribution in [1.29, 1.82) is 0 Å². The second-order valence-electron chi connectivity index (χ2n) is 8.91. The lowest BCUT2D eigenvalue weighted by Crippen LogP contribution is -2.60. The Labute approximate surface area is 174 Å². The molecule has 1 amide bonds. The van der Waals surface area contributed by atoms with E-state index in [1.54, 1.807) is 18.6 Å². The fourth-order valence-electron chi connectivity index (χ4n) is 5.46. The number of rotatable bonds is 4. The Bertz CT molecular complexity index is 1130. The van der Waals surface area contributed by atoms with E-state index in [1.165, 1.54) is 11.2 Å². The van der Waals surface area contributed by atoms with Gasteiger partial charge in [-0.3, -0.25) is 4.79 Å². The monoisotopic (exact) mass is 401 g/mol. The maximum atomic E-state index is 13.7. The van der Waals surface area contributed by atoms with Crippen LogP contribution < -0.4 is 5.32 Å². The van der Waals surface area contributed by atoms with Gasteiger partial charge in [0.1, 0.15) is 5.82 Å². The third kappa shape index (κ3) is 2.49. The van der Waals surface area contributed by atoms with Crippen LogP contribution in [0.5, 0.6) is 0 Å². The summed E-state index contributed by atoms with van der Waals surface area (Å²) in [4.78, 5) is 26.1. The Morgan fingerprint density at radius 3 is 2.67 bits per heavy atom. The van der Waals surface area contributed by atoms with Crippen LogP contribution in [0.4, 0.5) is 5.82 Å². The molecule has 1 saturated heterocycles. The van der Waals surface area contributed by atoms with Gasteiger partial charge in [0.15, 0.2) is 5.82 Å². The SMILES string of the molecule is Cc1ccc(NC2CC34CC3CN(C(=O)c3cc(C)cnc3-n3nccn3)C24)nc1. The van der Waals surface area contributed by atoms with Crippen LogP contribution in [0, 0.1) is 25.2 Å². The number of likely N-dealkylation sites (tertiary alicyclic amines) is 1. The summed E-state index contributed by atoms with van der Waals surface area (Å²) in [5.41, 5.74) is 2.93. The molecule has 6 rings (SSSR count). The van der Waals surface area contributed by atoms with Gasteiger partial charge in [-0.15, -0.1) is 4.80 Å². The average molecular weight is 401 g/mol. The number of carbonyl (C=O) groups is 1. The molecule has 3 aromatic rings. The van der Waals surface area contributed by atoms with Crippen LogP contribution in [0.1, 0.15) is 34.3 Å². The molecule has 8 heteroatoms. The highest BCUT2D eigenvalue weighted by atomic mass is 16.2. The summed E-state index contributed by atoms with van der Waals surface area (Å²) in [6.45, 7) is 4.79. The quantitative estimate of drug-likeness (QED) is 0.722. The number of amides is 1. The van der Waals surface area contributed by atoms with Crippen molar-refractivity contribution in [3.05, 3.63) is 59.7 Å². The first kappa shape index (κ1) is 17.6. The minimum atomic E-state index is 0.0124. The van der Waals surface area contributed by atoms with E-state index < -0.39 is 0 Å². The molecule has 0 radical (unpaired) electrons. The van der Waals surface area contributed by atoms with Crippen molar-refractivity contribution in [2.45, 2.75) is 38.8 Å². The summed E-state index contributed by atoms with van der Waals surface area (Å²) in [6.07, 6.45) is 9.12. The molecule has 3 aliphatic rings. The fraction of sp³-hybridized carbons (Fsp3) is 0.409. The summed E-state index contributed by atoms with van der Waals surface area (Å²) in [7, 11) is 0. The van der Waals surface area contributed by atoms with Gasteiger partial charge in [-0.2, -0.15) is 10.2 Å². The van der Waals surface area contributed by atoms with Crippen molar-refractivity contribution in [3.8, 4) is 5.82 Å². The molecule has 1 spiro atoms. The molecule has 3 fully saturated rings. The van der Waals surface area contributed by atoms with E-state index in [0.29, 0.717) is 22.7 Å². The van der Waals surface area contributed by atoms with Crippen LogP contribution in [0.15, 0.2) is 43.0 Å². The van der Waals surface area contributed by atoms with Gasteiger partial charge in [0, 0.05) is 25.0 Å². The lowest BCUT2D eigenvalue weighted by atomic mass is 9.71. The molecule has 152 valence electrons. The Balaban J connectivity index is 1.30. The third-order valence-corrected chi connectivity index (χ3v) is 6.95. The average Bonchev–Trinajstić information content (AvgIpc) is 3.10. The van der Waals surface area contributed by atoms with Gasteiger partial charge in [-0.25, -0.2) is 9.97 Å². The van der Waals surface area contributed by atoms with E-state index in [-0.39, 0.29) is 18.0 Å². The van der Waals surface area contributed by atoms with Gasteiger partial charge in [-0.05, 0) is 61.3 Å². The number of hydrogen-bond acceptors (Lipinski definition) is 6. The highest BCUT2D eigenvalue weighted by Crippen LogP contribution is 2.71. The number of hydrogen-bond donors (Lipinski definition) is 1. The Hall–Kier alpha value is -3.29. The first-order valence-electron chi connectivity index (χ1n) is 10.4. The van der Waals surface area contributed by atoms with Crippen molar-refractivity contribution < 1.29 is 4.79 Å². The van der Waals surface area contributed by atoms with Crippen molar-refractivity contribution in [2.24, 2.45) is 11.3 Å². The number of nitrogens with one attached hydrogen (secondary N) is 1. The number of carbonyl (C=O) groups excluding carboxylic acids is 1. The predicted octanol–water partition coefficient (Wildman–Crippen LogP) is 2.39. The minimum absolute atomic E-state index is 0.0124. The van der Waals surface area contributed by atoms with Gasteiger partial charge in [0.25, 0.3) is 5.91 Å².